The Kier molecular flexibility index (Phi) is 3.93. The Morgan fingerprint density at radius 1 is 1.47 bits per heavy atom. The van der Waals surface area contributed by atoms with Crippen molar-refractivity contribution in [1.82, 2.24) is 4.98 Å². The molecule has 0 atom stereocenters. The summed E-state index contributed by atoms with van der Waals surface area (Å²) in [6.45, 7) is 0.476. The summed E-state index contributed by atoms with van der Waals surface area (Å²) < 4.78 is 0.529. The van der Waals surface area contributed by atoms with Crippen molar-refractivity contribution in [1.29, 1.82) is 0 Å². The van der Waals surface area contributed by atoms with Crippen LogP contribution in [0.1, 0.15) is 10.4 Å². The van der Waals surface area contributed by atoms with Gasteiger partial charge in [-0.2, -0.15) is 0 Å². The van der Waals surface area contributed by atoms with Gasteiger partial charge in [-0.15, -0.1) is 0 Å². The topological polar surface area (TPSA) is 48.4 Å². The summed E-state index contributed by atoms with van der Waals surface area (Å²) >= 11 is 12.2. The second-order valence-electron chi connectivity index (χ2n) is 3.29. The zero-order valence-corrected chi connectivity index (χ0v) is 11.1. The van der Waals surface area contributed by atoms with E-state index in [0.717, 1.165) is 5.56 Å². The molecule has 17 heavy (non-hydrogen) atoms. The van der Waals surface area contributed by atoms with Crippen molar-refractivity contribution in [3.63, 3.8) is 0 Å². The van der Waals surface area contributed by atoms with Gasteiger partial charge in [0.05, 0.1) is 6.54 Å². The molecule has 0 saturated heterocycles. The number of aromatic amines is 1. The minimum atomic E-state index is 0.0582. The van der Waals surface area contributed by atoms with Gasteiger partial charge in [0.2, 0.25) is 5.88 Å². The van der Waals surface area contributed by atoms with Crippen LogP contribution in [0.15, 0.2) is 29.3 Å². The number of aromatic hydroxyl groups is 1. The van der Waals surface area contributed by atoms with Gasteiger partial charge in [0.25, 0.3) is 0 Å². The van der Waals surface area contributed by atoms with E-state index in [1.165, 1.54) is 11.3 Å². The lowest BCUT2D eigenvalue weighted by molar-refractivity contribution is 0.456. The first-order valence-corrected chi connectivity index (χ1v) is 6.42. The van der Waals surface area contributed by atoms with Gasteiger partial charge >= 0.3 is 0 Å². The lowest BCUT2D eigenvalue weighted by atomic mass is 10.2. The number of hydrogen-bond donors (Lipinski definition) is 2. The van der Waals surface area contributed by atoms with Gasteiger partial charge in [0, 0.05) is 11.2 Å². The third-order valence-corrected chi connectivity index (χ3v) is 3.61. The lowest BCUT2D eigenvalue weighted by Gasteiger charge is -1.98. The van der Waals surface area contributed by atoms with Crippen LogP contribution >= 0.6 is 35.2 Å². The van der Waals surface area contributed by atoms with E-state index in [1.54, 1.807) is 6.21 Å². The number of rotatable bonds is 3. The molecule has 0 saturated carbocycles. The van der Waals surface area contributed by atoms with E-state index in [4.69, 9.17) is 23.8 Å². The highest BCUT2D eigenvalue weighted by atomic mass is 35.5. The van der Waals surface area contributed by atoms with Crippen LogP contribution in [0.2, 0.25) is 5.02 Å². The molecule has 0 unspecified atom stereocenters. The number of aliphatic imine (C=N–C) groups is 1. The molecule has 88 valence electrons. The predicted molar refractivity (Wildman–Crippen MR) is 73.9 cm³/mol. The van der Waals surface area contributed by atoms with Gasteiger partial charge in [0.1, 0.15) is 4.88 Å². The Labute approximate surface area is 112 Å². The van der Waals surface area contributed by atoms with Crippen LogP contribution in [0.3, 0.4) is 0 Å². The third-order valence-electron chi connectivity index (χ3n) is 2.08. The molecule has 1 heterocycles. The normalized spacial score (nSPS) is 11.1. The highest BCUT2D eigenvalue weighted by Gasteiger charge is 2.01. The molecule has 0 aliphatic heterocycles. The van der Waals surface area contributed by atoms with E-state index in [1.807, 2.05) is 24.3 Å². The van der Waals surface area contributed by atoms with Crippen molar-refractivity contribution < 1.29 is 5.11 Å². The van der Waals surface area contributed by atoms with Crippen LogP contribution < -0.4 is 0 Å². The molecule has 0 fully saturated rings. The Morgan fingerprint density at radius 3 is 2.88 bits per heavy atom. The third kappa shape index (κ3) is 3.15. The number of nitrogens with zero attached hydrogens (tertiary/aromatic N) is 1. The number of thiazole rings is 1. The van der Waals surface area contributed by atoms with Crippen molar-refractivity contribution in [3.05, 3.63) is 43.7 Å². The molecule has 2 aromatic rings. The predicted octanol–water partition coefficient (Wildman–Crippen LogP) is 3.78. The number of aromatic nitrogens is 1. The van der Waals surface area contributed by atoms with Crippen molar-refractivity contribution in [2.75, 3.05) is 0 Å². The second kappa shape index (κ2) is 5.44. The summed E-state index contributed by atoms with van der Waals surface area (Å²) in [5.41, 5.74) is 0.948. The molecule has 3 nitrogen and oxygen atoms in total. The van der Waals surface area contributed by atoms with E-state index in [9.17, 15) is 5.11 Å². The van der Waals surface area contributed by atoms with Crippen molar-refractivity contribution >= 4 is 41.4 Å². The van der Waals surface area contributed by atoms with Gasteiger partial charge < -0.3 is 10.1 Å². The molecule has 1 aromatic heterocycles. The summed E-state index contributed by atoms with van der Waals surface area (Å²) in [7, 11) is 0. The number of hydrogen-bond acceptors (Lipinski definition) is 4. The molecule has 2 N–H and O–H groups in total. The number of nitrogens with one attached hydrogen (secondary N) is 1. The fourth-order valence-electron chi connectivity index (χ4n) is 1.27. The molecule has 0 radical (unpaired) electrons. The molecule has 0 spiro atoms. The average molecular weight is 285 g/mol. The molecular weight excluding hydrogens is 276 g/mol. The Hall–Kier alpha value is -1.17. The Morgan fingerprint density at radius 2 is 2.24 bits per heavy atom. The van der Waals surface area contributed by atoms with Crippen LogP contribution in [-0.2, 0) is 6.54 Å². The molecule has 0 bridgehead atoms. The van der Waals surface area contributed by atoms with Gasteiger partial charge in [-0.25, -0.2) is 0 Å². The zero-order chi connectivity index (χ0) is 12.3. The van der Waals surface area contributed by atoms with Gasteiger partial charge in [-0.05, 0) is 23.8 Å². The first-order chi connectivity index (χ1) is 8.16. The maximum atomic E-state index is 9.45. The van der Waals surface area contributed by atoms with Gasteiger partial charge in [0.15, 0.2) is 3.95 Å². The lowest BCUT2D eigenvalue weighted by Crippen LogP contribution is -1.84. The van der Waals surface area contributed by atoms with E-state index in [0.29, 0.717) is 20.4 Å². The summed E-state index contributed by atoms with van der Waals surface area (Å²) in [4.78, 5) is 7.49. The van der Waals surface area contributed by atoms with Gasteiger partial charge in [-0.3, -0.25) is 4.99 Å². The van der Waals surface area contributed by atoms with E-state index < -0.39 is 0 Å². The Balaban J connectivity index is 2.11. The maximum absolute atomic E-state index is 9.45. The highest BCUT2D eigenvalue weighted by Crippen LogP contribution is 2.19. The molecule has 2 rings (SSSR count). The largest absolute Gasteiger partial charge is 0.494 e. The molecule has 0 amide bonds. The monoisotopic (exact) mass is 284 g/mol. The summed E-state index contributed by atoms with van der Waals surface area (Å²) in [5, 5.41) is 10.1. The van der Waals surface area contributed by atoms with E-state index in [2.05, 4.69) is 9.98 Å². The van der Waals surface area contributed by atoms with Gasteiger partial charge in [-0.1, -0.05) is 41.1 Å². The maximum Gasteiger partial charge on any atom is 0.209 e. The molecule has 1 aromatic carbocycles. The fraction of sp³-hybridized carbons (Fsp3) is 0.0909. The number of H-pyrrole nitrogens is 1. The Bertz CT molecular complexity index is 604. The average Bonchev–Trinajstić information content (AvgIpc) is 2.60. The quantitative estimate of drug-likeness (QED) is 0.665. The van der Waals surface area contributed by atoms with Crippen LogP contribution in [0, 0.1) is 3.95 Å². The minimum Gasteiger partial charge on any atom is -0.494 e. The van der Waals surface area contributed by atoms with Crippen LogP contribution in [0.5, 0.6) is 5.88 Å². The number of benzene rings is 1. The molecular formula is C11H9ClN2OS2. The molecule has 0 aliphatic rings. The second-order valence-corrected chi connectivity index (χ2v) is 5.41. The van der Waals surface area contributed by atoms with Crippen LogP contribution in [0.25, 0.3) is 0 Å². The molecule has 6 heteroatoms. The highest BCUT2D eigenvalue weighted by molar-refractivity contribution is 7.73. The summed E-state index contributed by atoms with van der Waals surface area (Å²) in [5.74, 6) is 0.0582. The number of halogens is 1. The van der Waals surface area contributed by atoms with Crippen LogP contribution in [-0.4, -0.2) is 16.3 Å². The van der Waals surface area contributed by atoms with Crippen LogP contribution in [0.4, 0.5) is 0 Å². The van der Waals surface area contributed by atoms with Crippen molar-refractivity contribution in [3.8, 4) is 5.88 Å². The summed E-state index contributed by atoms with van der Waals surface area (Å²) in [6, 6.07) is 7.52. The smallest absolute Gasteiger partial charge is 0.209 e. The first kappa shape index (κ1) is 12.3. The van der Waals surface area contributed by atoms with E-state index in [-0.39, 0.29) is 5.88 Å². The van der Waals surface area contributed by atoms with Crippen molar-refractivity contribution in [2.45, 2.75) is 6.54 Å². The summed E-state index contributed by atoms with van der Waals surface area (Å²) in [6.07, 6.45) is 1.59. The van der Waals surface area contributed by atoms with E-state index >= 15 is 0 Å². The fourth-order valence-corrected chi connectivity index (χ4v) is 2.46. The minimum absolute atomic E-state index is 0.0582. The standard InChI is InChI=1S/C11H9ClN2OS2/c12-8-4-2-1-3-7(8)5-13-6-9-10(15)14-11(16)17-9/h1-4,6,15H,5H2,(H,14,16). The SMILES string of the molecule is Oc1[nH]c(=S)sc1C=NCc1ccccc1Cl. The van der Waals surface area contributed by atoms with Crippen molar-refractivity contribution in [2.24, 2.45) is 4.99 Å². The molecule has 0 aliphatic carbocycles. The zero-order valence-electron chi connectivity index (χ0n) is 8.68. The first-order valence-electron chi connectivity index (χ1n) is 4.82.